The summed E-state index contributed by atoms with van der Waals surface area (Å²) in [5.74, 6) is -0.394. The van der Waals surface area contributed by atoms with E-state index in [0.717, 1.165) is 17.8 Å². The average Bonchev–Trinajstić information content (AvgIpc) is 2.73. The molecule has 0 atom stereocenters. The molecular formula is C15H19ClFN3. The summed E-state index contributed by atoms with van der Waals surface area (Å²) in [4.78, 5) is 0. The van der Waals surface area contributed by atoms with Crippen LogP contribution >= 0.6 is 11.6 Å². The standard InChI is InChI=1S/C15H19ClFN3/c1-10(2)18-7-13-8-19-20(11(13)3)9-12-4-5-15(17)14(16)6-12/h4-6,8,10,18H,7,9H2,1-3H3. The fourth-order valence-electron chi connectivity index (χ4n) is 1.94. The van der Waals surface area contributed by atoms with Gasteiger partial charge in [-0.3, -0.25) is 4.68 Å². The van der Waals surface area contributed by atoms with E-state index in [1.807, 2.05) is 17.8 Å². The predicted molar refractivity (Wildman–Crippen MR) is 79.5 cm³/mol. The van der Waals surface area contributed by atoms with Crippen molar-refractivity contribution in [1.82, 2.24) is 15.1 Å². The Morgan fingerprint density at radius 2 is 2.15 bits per heavy atom. The summed E-state index contributed by atoms with van der Waals surface area (Å²) in [5.41, 5.74) is 3.22. The Labute approximate surface area is 123 Å². The van der Waals surface area contributed by atoms with E-state index in [1.165, 1.54) is 11.6 Å². The van der Waals surface area contributed by atoms with E-state index >= 15 is 0 Å². The first-order valence-electron chi connectivity index (χ1n) is 6.66. The molecule has 0 unspecified atom stereocenters. The third-order valence-electron chi connectivity index (χ3n) is 3.22. The topological polar surface area (TPSA) is 29.9 Å². The molecule has 0 fully saturated rings. The quantitative estimate of drug-likeness (QED) is 0.914. The second-order valence-corrected chi connectivity index (χ2v) is 5.60. The lowest BCUT2D eigenvalue weighted by molar-refractivity contribution is 0.585. The predicted octanol–water partition coefficient (Wildman–Crippen LogP) is 3.53. The zero-order valence-corrected chi connectivity index (χ0v) is 12.7. The van der Waals surface area contributed by atoms with Gasteiger partial charge in [0.2, 0.25) is 0 Å². The van der Waals surface area contributed by atoms with Crippen LogP contribution in [0.25, 0.3) is 0 Å². The first-order chi connectivity index (χ1) is 9.47. The molecule has 0 aliphatic heterocycles. The molecule has 0 aliphatic rings. The Hall–Kier alpha value is -1.39. The highest BCUT2D eigenvalue weighted by atomic mass is 35.5. The van der Waals surface area contributed by atoms with Crippen LogP contribution in [0, 0.1) is 12.7 Å². The molecule has 0 aliphatic carbocycles. The number of nitrogens with one attached hydrogen (secondary N) is 1. The van der Waals surface area contributed by atoms with Crippen molar-refractivity contribution < 1.29 is 4.39 Å². The maximum absolute atomic E-state index is 13.1. The molecule has 0 saturated heterocycles. The lowest BCUT2D eigenvalue weighted by Gasteiger charge is -2.09. The van der Waals surface area contributed by atoms with Gasteiger partial charge in [-0.05, 0) is 24.6 Å². The maximum atomic E-state index is 13.1. The van der Waals surface area contributed by atoms with E-state index in [4.69, 9.17) is 11.6 Å². The van der Waals surface area contributed by atoms with E-state index in [0.29, 0.717) is 12.6 Å². The van der Waals surface area contributed by atoms with Crippen LogP contribution in [0.5, 0.6) is 0 Å². The Morgan fingerprint density at radius 3 is 2.80 bits per heavy atom. The van der Waals surface area contributed by atoms with Crippen LogP contribution < -0.4 is 5.32 Å². The Kier molecular flexibility index (Phi) is 4.78. The average molecular weight is 296 g/mol. The highest BCUT2D eigenvalue weighted by molar-refractivity contribution is 6.30. The van der Waals surface area contributed by atoms with E-state index in [9.17, 15) is 4.39 Å². The summed E-state index contributed by atoms with van der Waals surface area (Å²) < 4.78 is 15.0. The number of hydrogen-bond acceptors (Lipinski definition) is 2. The van der Waals surface area contributed by atoms with Gasteiger partial charge in [0.1, 0.15) is 5.82 Å². The SMILES string of the molecule is Cc1c(CNC(C)C)cnn1Cc1ccc(F)c(Cl)c1. The van der Waals surface area contributed by atoms with Crippen LogP contribution in [-0.2, 0) is 13.1 Å². The van der Waals surface area contributed by atoms with Gasteiger partial charge in [-0.25, -0.2) is 4.39 Å². The normalized spacial score (nSPS) is 11.3. The fraction of sp³-hybridized carbons (Fsp3) is 0.400. The number of hydrogen-bond donors (Lipinski definition) is 1. The number of benzene rings is 1. The van der Waals surface area contributed by atoms with Crippen LogP contribution in [0.15, 0.2) is 24.4 Å². The van der Waals surface area contributed by atoms with Crippen LogP contribution in [0.2, 0.25) is 5.02 Å². The zero-order chi connectivity index (χ0) is 14.7. The second kappa shape index (κ2) is 6.37. The molecule has 20 heavy (non-hydrogen) atoms. The van der Waals surface area contributed by atoms with Gasteiger partial charge in [-0.1, -0.05) is 31.5 Å². The van der Waals surface area contributed by atoms with Crippen molar-refractivity contribution in [1.29, 1.82) is 0 Å². The van der Waals surface area contributed by atoms with Gasteiger partial charge in [0.25, 0.3) is 0 Å². The molecule has 1 N–H and O–H groups in total. The minimum absolute atomic E-state index is 0.147. The molecule has 5 heteroatoms. The Bertz CT molecular complexity index is 593. The van der Waals surface area contributed by atoms with Crippen molar-refractivity contribution in [2.75, 3.05) is 0 Å². The lowest BCUT2D eigenvalue weighted by Crippen LogP contribution is -2.22. The minimum atomic E-state index is -0.394. The summed E-state index contributed by atoms with van der Waals surface area (Å²) in [6.07, 6.45) is 1.87. The number of aromatic nitrogens is 2. The van der Waals surface area contributed by atoms with Gasteiger partial charge in [0.05, 0.1) is 17.8 Å². The van der Waals surface area contributed by atoms with Crippen molar-refractivity contribution in [3.63, 3.8) is 0 Å². The highest BCUT2D eigenvalue weighted by Crippen LogP contribution is 2.17. The molecule has 0 bridgehead atoms. The van der Waals surface area contributed by atoms with Crippen LogP contribution in [-0.4, -0.2) is 15.8 Å². The Balaban J connectivity index is 2.11. The molecule has 0 radical (unpaired) electrons. The van der Waals surface area contributed by atoms with Gasteiger partial charge in [-0.2, -0.15) is 5.10 Å². The van der Waals surface area contributed by atoms with Gasteiger partial charge < -0.3 is 5.32 Å². The molecule has 2 rings (SSSR count). The number of rotatable bonds is 5. The maximum Gasteiger partial charge on any atom is 0.141 e. The summed E-state index contributed by atoms with van der Waals surface area (Å²) in [6, 6.07) is 5.20. The Morgan fingerprint density at radius 1 is 1.40 bits per heavy atom. The first-order valence-corrected chi connectivity index (χ1v) is 7.03. The largest absolute Gasteiger partial charge is 0.310 e. The zero-order valence-electron chi connectivity index (χ0n) is 12.0. The summed E-state index contributed by atoms with van der Waals surface area (Å²) in [5, 5.41) is 7.90. The fourth-order valence-corrected chi connectivity index (χ4v) is 2.15. The van der Waals surface area contributed by atoms with E-state index in [2.05, 4.69) is 24.3 Å². The van der Waals surface area contributed by atoms with E-state index < -0.39 is 5.82 Å². The van der Waals surface area contributed by atoms with Crippen molar-refractivity contribution >= 4 is 11.6 Å². The van der Waals surface area contributed by atoms with Gasteiger partial charge in [0, 0.05) is 23.8 Å². The molecule has 1 heterocycles. The summed E-state index contributed by atoms with van der Waals surface area (Å²) >= 11 is 5.79. The number of nitrogens with zero attached hydrogens (tertiary/aromatic N) is 2. The van der Waals surface area contributed by atoms with Gasteiger partial charge >= 0.3 is 0 Å². The summed E-state index contributed by atoms with van der Waals surface area (Å²) in [7, 11) is 0. The smallest absolute Gasteiger partial charge is 0.141 e. The number of halogens is 2. The molecule has 0 amide bonds. The third kappa shape index (κ3) is 3.58. The van der Waals surface area contributed by atoms with E-state index in [1.54, 1.807) is 12.1 Å². The van der Waals surface area contributed by atoms with Crippen LogP contribution in [0.1, 0.15) is 30.7 Å². The molecule has 1 aromatic carbocycles. The monoisotopic (exact) mass is 295 g/mol. The second-order valence-electron chi connectivity index (χ2n) is 5.20. The first kappa shape index (κ1) is 15.0. The lowest BCUT2D eigenvalue weighted by atomic mass is 10.2. The summed E-state index contributed by atoms with van der Waals surface area (Å²) in [6.45, 7) is 7.65. The van der Waals surface area contributed by atoms with Crippen LogP contribution in [0.3, 0.4) is 0 Å². The van der Waals surface area contributed by atoms with Crippen LogP contribution in [0.4, 0.5) is 4.39 Å². The minimum Gasteiger partial charge on any atom is -0.310 e. The van der Waals surface area contributed by atoms with Crippen molar-refractivity contribution in [3.8, 4) is 0 Å². The van der Waals surface area contributed by atoms with Gasteiger partial charge in [-0.15, -0.1) is 0 Å². The van der Waals surface area contributed by atoms with Gasteiger partial charge in [0.15, 0.2) is 0 Å². The van der Waals surface area contributed by atoms with Crippen molar-refractivity contribution in [2.45, 2.75) is 39.9 Å². The molecule has 2 aromatic rings. The molecule has 0 spiro atoms. The van der Waals surface area contributed by atoms with E-state index in [-0.39, 0.29) is 5.02 Å². The van der Waals surface area contributed by atoms with Crippen molar-refractivity contribution in [3.05, 3.63) is 52.1 Å². The molecule has 3 nitrogen and oxygen atoms in total. The molecule has 108 valence electrons. The third-order valence-corrected chi connectivity index (χ3v) is 3.51. The molecule has 0 saturated carbocycles. The highest BCUT2D eigenvalue weighted by Gasteiger charge is 2.08. The molecule has 1 aromatic heterocycles. The van der Waals surface area contributed by atoms with Crippen molar-refractivity contribution in [2.24, 2.45) is 0 Å². The molecular weight excluding hydrogens is 277 g/mol.